The van der Waals surface area contributed by atoms with Crippen molar-refractivity contribution in [2.24, 2.45) is 0 Å². The molecule has 1 aliphatic rings. The summed E-state index contributed by atoms with van der Waals surface area (Å²) in [4.78, 5) is 26.2. The maximum absolute atomic E-state index is 12.7. The Balaban J connectivity index is 1.46. The molecule has 7 nitrogen and oxygen atoms in total. The number of rotatable bonds is 5. The summed E-state index contributed by atoms with van der Waals surface area (Å²) in [6.45, 7) is 6.10. The molecule has 1 fully saturated rings. The van der Waals surface area contributed by atoms with Gasteiger partial charge in [0.2, 0.25) is 5.88 Å². The number of methoxy groups -OCH3 is 1. The third kappa shape index (κ3) is 4.23. The summed E-state index contributed by atoms with van der Waals surface area (Å²) < 4.78 is 11.4. The standard InChI is InChI=1S/C22H24N4O3S/c1-15-6-7-17(18(11-15)28-3)29-21-12-20(23-14-24-21)25-8-9-26(16(2)13-25)22(27)19-5-4-10-30-19/h4-7,10-12,14,16H,8-9,13H2,1-3H3. The number of hydrogen-bond donors (Lipinski definition) is 0. The first-order chi connectivity index (χ1) is 14.5. The average Bonchev–Trinajstić information content (AvgIpc) is 3.29. The van der Waals surface area contributed by atoms with Gasteiger partial charge in [0.25, 0.3) is 5.91 Å². The van der Waals surface area contributed by atoms with Crippen LogP contribution in [-0.2, 0) is 0 Å². The van der Waals surface area contributed by atoms with E-state index in [-0.39, 0.29) is 11.9 Å². The molecule has 1 atom stereocenters. The number of hydrogen-bond acceptors (Lipinski definition) is 7. The van der Waals surface area contributed by atoms with Crippen LogP contribution in [0.4, 0.5) is 5.82 Å². The molecule has 1 aromatic carbocycles. The van der Waals surface area contributed by atoms with Crippen molar-refractivity contribution in [3.63, 3.8) is 0 Å². The number of carbonyl (C=O) groups is 1. The third-order valence-corrected chi connectivity index (χ3v) is 5.96. The fourth-order valence-electron chi connectivity index (χ4n) is 3.54. The Hall–Kier alpha value is -3.13. The van der Waals surface area contributed by atoms with Gasteiger partial charge in [-0.15, -0.1) is 11.3 Å². The second-order valence-corrected chi connectivity index (χ2v) is 8.19. The Morgan fingerprint density at radius 2 is 2.03 bits per heavy atom. The van der Waals surface area contributed by atoms with E-state index in [2.05, 4.69) is 21.8 Å². The zero-order valence-corrected chi connectivity index (χ0v) is 18.1. The van der Waals surface area contributed by atoms with Gasteiger partial charge in [0.15, 0.2) is 11.5 Å². The maximum atomic E-state index is 12.7. The van der Waals surface area contributed by atoms with Crippen LogP contribution >= 0.6 is 11.3 Å². The zero-order valence-electron chi connectivity index (χ0n) is 17.2. The van der Waals surface area contributed by atoms with Crippen LogP contribution in [0.3, 0.4) is 0 Å². The van der Waals surface area contributed by atoms with E-state index in [9.17, 15) is 4.79 Å². The predicted octanol–water partition coefficient (Wildman–Crippen LogP) is 4.00. The molecule has 156 valence electrons. The molecule has 3 heterocycles. The molecule has 0 aliphatic carbocycles. The van der Waals surface area contributed by atoms with Crippen LogP contribution in [0.2, 0.25) is 0 Å². The van der Waals surface area contributed by atoms with Crippen molar-refractivity contribution in [3.8, 4) is 17.4 Å². The van der Waals surface area contributed by atoms with Crippen molar-refractivity contribution in [2.45, 2.75) is 19.9 Å². The van der Waals surface area contributed by atoms with Crippen LogP contribution in [0.5, 0.6) is 17.4 Å². The molecular formula is C22H24N4O3S. The molecule has 30 heavy (non-hydrogen) atoms. The Labute approximate surface area is 179 Å². The lowest BCUT2D eigenvalue weighted by molar-refractivity contribution is 0.0678. The molecule has 0 radical (unpaired) electrons. The van der Waals surface area contributed by atoms with Crippen molar-refractivity contribution < 1.29 is 14.3 Å². The summed E-state index contributed by atoms with van der Waals surface area (Å²) in [5, 5.41) is 1.93. The number of thiophene rings is 1. The van der Waals surface area contributed by atoms with Gasteiger partial charge in [-0.2, -0.15) is 0 Å². The molecule has 1 unspecified atom stereocenters. The van der Waals surface area contributed by atoms with E-state index in [1.165, 1.54) is 17.7 Å². The summed E-state index contributed by atoms with van der Waals surface area (Å²) in [5.41, 5.74) is 1.09. The predicted molar refractivity (Wildman–Crippen MR) is 117 cm³/mol. The minimum atomic E-state index is 0.0740. The van der Waals surface area contributed by atoms with Crippen molar-refractivity contribution in [1.29, 1.82) is 0 Å². The molecule has 1 saturated heterocycles. The molecule has 1 amide bonds. The lowest BCUT2D eigenvalue weighted by Crippen LogP contribution is -2.54. The normalized spacial score (nSPS) is 16.4. The number of carbonyl (C=O) groups excluding carboxylic acids is 1. The Morgan fingerprint density at radius 1 is 1.17 bits per heavy atom. The molecule has 2 aromatic heterocycles. The van der Waals surface area contributed by atoms with Crippen LogP contribution in [0.1, 0.15) is 22.2 Å². The van der Waals surface area contributed by atoms with Crippen LogP contribution in [-0.4, -0.2) is 53.6 Å². The van der Waals surface area contributed by atoms with Crippen molar-refractivity contribution in [1.82, 2.24) is 14.9 Å². The minimum Gasteiger partial charge on any atom is -0.493 e. The average molecular weight is 425 g/mol. The van der Waals surface area contributed by atoms with E-state index in [1.54, 1.807) is 7.11 Å². The molecule has 3 aromatic rings. The Morgan fingerprint density at radius 3 is 2.77 bits per heavy atom. The first-order valence-corrected chi connectivity index (χ1v) is 10.7. The van der Waals surface area contributed by atoms with Gasteiger partial charge >= 0.3 is 0 Å². The summed E-state index contributed by atoms with van der Waals surface area (Å²) in [7, 11) is 1.62. The molecule has 8 heteroatoms. The first kappa shape index (κ1) is 20.2. The summed E-state index contributed by atoms with van der Waals surface area (Å²) >= 11 is 1.48. The number of amides is 1. The van der Waals surface area contributed by atoms with Gasteiger partial charge in [0, 0.05) is 31.7 Å². The smallest absolute Gasteiger partial charge is 0.264 e. The third-order valence-electron chi connectivity index (χ3n) is 5.11. The molecule has 1 aliphatic heterocycles. The van der Waals surface area contributed by atoms with Gasteiger partial charge in [0.05, 0.1) is 12.0 Å². The molecule has 0 bridgehead atoms. The van der Waals surface area contributed by atoms with Crippen LogP contribution < -0.4 is 14.4 Å². The highest BCUT2D eigenvalue weighted by atomic mass is 32.1. The monoisotopic (exact) mass is 424 g/mol. The quantitative estimate of drug-likeness (QED) is 0.617. The summed E-state index contributed by atoms with van der Waals surface area (Å²) in [6.07, 6.45) is 1.50. The lowest BCUT2D eigenvalue weighted by Gasteiger charge is -2.40. The highest BCUT2D eigenvalue weighted by Gasteiger charge is 2.29. The fourth-order valence-corrected chi connectivity index (χ4v) is 4.22. The number of nitrogens with zero attached hydrogens (tertiary/aromatic N) is 4. The summed E-state index contributed by atoms with van der Waals surface area (Å²) in [6, 6.07) is 11.4. The molecular weight excluding hydrogens is 400 g/mol. The number of piperazine rings is 1. The van der Waals surface area contributed by atoms with E-state index >= 15 is 0 Å². The van der Waals surface area contributed by atoms with Crippen LogP contribution in [0, 0.1) is 6.92 Å². The molecule has 0 spiro atoms. The maximum Gasteiger partial charge on any atom is 0.264 e. The second-order valence-electron chi connectivity index (χ2n) is 7.24. The topological polar surface area (TPSA) is 67.8 Å². The Kier molecular flexibility index (Phi) is 5.85. The highest BCUT2D eigenvalue weighted by Crippen LogP contribution is 2.32. The van der Waals surface area contributed by atoms with Crippen molar-refractivity contribution in [3.05, 3.63) is 58.5 Å². The molecule has 0 N–H and O–H groups in total. The summed E-state index contributed by atoms with van der Waals surface area (Å²) in [5.74, 6) is 2.58. The van der Waals surface area contributed by atoms with Crippen molar-refractivity contribution >= 4 is 23.1 Å². The van der Waals surface area contributed by atoms with Gasteiger partial charge in [-0.3, -0.25) is 4.79 Å². The van der Waals surface area contributed by atoms with E-state index < -0.39 is 0 Å². The first-order valence-electron chi connectivity index (χ1n) is 9.79. The number of benzene rings is 1. The second kappa shape index (κ2) is 8.71. The van der Waals surface area contributed by atoms with Gasteiger partial charge in [-0.25, -0.2) is 9.97 Å². The van der Waals surface area contributed by atoms with Gasteiger partial charge in [-0.05, 0) is 43.0 Å². The molecule has 4 rings (SSSR count). The van der Waals surface area contributed by atoms with E-state index in [0.717, 1.165) is 16.3 Å². The van der Waals surface area contributed by atoms with Crippen LogP contribution in [0.15, 0.2) is 48.1 Å². The minimum absolute atomic E-state index is 0.0740. The SMILES string of the molecule is COc1cc(C)ccc1Oc1cc(N2CCN(C(=O)c3cccs3)C(C)C2)ncn1. The number of anilines is 1. The number of aromatic nitrogens is 2. The van der Waals surface area contributed by atoms with E-state index in [4.69, 9.17) is 9.47 Å². The largest absolute Gasteiger partial charge is 0.493 e. The van der Waals surface area contributed by atoms with E-state index in [0.29, 0.717) is 37.0 Å². The zero-order chi connectivity index (χ0) is 21.1. The van der Waals surface area contributed by atoms with E-state index in [1.807, 2.05) is 53.6 Å². The lowest BCUT2D eigenvalue weighted by atomic mass is 10.2. The fraction of sp³-hybridized carbons (Fsp3) is 0.318. The van der Waals surface area contributed by atoms with Crippen LogP contribution in [0.25, 0.3) is 0 Å². The van der Waals surface area contributed by atoms with Crippen molar-refractivity contribution in [2.75, 3.05) is 31.6 Å². The highest BCUT2D eigenvalue weighted by molar-refractivity contribution is 7.12. The van der Waals surface area contributed by atoms with Gasteiger partial charge < -0.3 is 19.3 Å². The Bertz CT molecular complexity index is 1020. The van der Waals surface area contributed by atoms with Gasteiger partial charge in [-0.1, -0.05) is 12.1 Å². The molecule has 0 saturated carbocycles. The number of ether oxygens (including phenoxy) is 2. The van der Waals surface area contributed by atoms with Gasteiger partial charge in [0.1, 0.15) is 12.1 Å². The number of aryl methyl sites for hydroxylation is 1.